The van der Waals surface area contributed by atoms with E-state index in [4.69, 9.17) is 23.7 Å². The van der Waals surface area contributed by atoms with Crippen LogP contribution in [-0.2, 0) is 0 Å². The standard InChI is InChI=1S/C18H16BrN3O8/c1-26-14-5-10(15(22(24)25)17(28-3)16(14)27-2)18(23)21-20-7-9-4-12-13(6-11(9)19)30-8-29-12/h4-7H,8H2,1-3H3,(H,21,23)/b20-7+. The third-order valence-electron chi connectivity index (χ3n) is 4.09. The Morgan fingerprint density at radius 2 is 1.83 bits per heavy atom. The molecule has 0 unspecified atom stereocenters. The topological polar surface area (TPSA) is 131 Å². The van der Waals surface area contributed by atoms with Crippen LogP contribution in [0.3, 0.4) is 0 Å². The Morgan fingerprint density at radius 3 is 2.43 bits per heavy atom. The first kappa shape index (κ1) is 21.2. The summed E-state index contributed by atoms with van der Waals surface area (Å²) in [5.74, 6) is 0.120. The van der Waals surface area contributed by atoms with Crippen molar-refractivity contribution in [2.75, 3.05) is 28.1 Å². The average Bonchev–Trinajstić information content (AvgIpc) is 3.18. The van der Waals surface area contributed by atoms with Crippen LogP contribution in [0.4, 0.5) is 5.69 Å². The van der Waals surface area contributed by atoms with Gasteiger partial charge in [-0.25, -0.2) is 5.43 Å². The fourth-order valence-electron chi connectivity index (χ4n) is 2.75. The minimum atomic E-state index is -0.839. The smallest absolute Gasteiger partial charge is 0.327 e. The van der Waals surface area contributed by atoms with E-state index in [2.05, 4.69) is 26.5 Å². The van der Waals surface area contributed by atoms with Gasteiger partial charge >= 0.3 is 5.69 Å². The van der Waals surface area contributed by atoms with Crippen LogP contribution in [0.15, 0.2) is 27.8 Å². The molecule has 3 rings (SSSR count). The summed E-state index contributed by atoms with van der Waals surface area (Å²) in [6.07, 6.45) is 1.35. The SMILES string of the molecule is COc1cc(C(=O)N/N=C/c2cc3c(cc2Br)OCO3)c([N+](=O)[O-])c(OC)c1OC. The number of benzene rings is 2. The van der Waals surface area contributed by atoms with Gasteiger partial charge in [0.05, 0.1) is 32.5 Å². The van der Waals surface area contributed by atoms with Crippen LogP contribution in [0, 0.1) is 10.1 Å². The van der Waals surface area contributed by atoms with Crippen LogP contribution in [0.1, 0.15) is 15.9 Å². The highest BCUT2D eigenvalue weighted by molar-refractivity contribution is 9.10. The lowest BCUT2D eigenvalue weighted by atomic mass is 10.1. The number of hydrogen-bond donors (Lipinski definition) is 1. The van der Waals surface area contributed by atoms with E-state index in [0.29, 0.717) is 21.5 Å². The van der Waals surface area contributed by atoms with Crippen LogP contribution in [-0.4, -0.2) is 45.2 Å². The van der Waals surface area contributed by atoms with Gasteiger partial charge in [-0.15, -0.1) is 0 Å². The maximum Gasteiger partial charge on any atom is 0.327 e. The molecule has 1 heterocycles. The summed E-state index contributed by atoms with van der Waals surface area (Å²) in [5.41, 5.74) is 1.97. The quantitative estimate of drug-likeness (QED) is 0.362. The molecule has 1 amide bonds. The van der Waals surface area contributed by atoms with E-state index in [9.17, 15) is 14.9 Å². The number of nitro benzene ring substituents is 1. The fourth-order valence-corrected chi connectivity index (χ4v) is 3.17. The Hall–Kier alpha value is -3.54. The molecule has 1 aliphatic heterocycles. The Labute approximate surface area is 178 Å². The molecule has 0 spiro atoms. The summed E-state index contributed by atoms with van der Waals surface area (Å²) in [5, 5.41) is 15.5. The van der Waals surface area contributed by atoms with Crippen LogP contribution in [0.5, 0.6) is 28.7 Å². The molecule has 1 aliphatic rings. The number of halogens is 1. The number of amides is 1. The van der Waals surface area contributed by atoms with Gasteiger partial charge in [0.1, 0.15) is 5.56 Å². The predicted octanol–water partition coefficient (Wildman–Crippen LogP) is 2.88. The zero-order valence-electron chi connectivity index (χ0n) is 16.1. The molecule has 0 radical (unpaired) electrons. The van der Waals surface area contributed by atoms with Gasteiger partial charge in [-0.1, -0.05) is 0 Å². The molecule has 0 atom stereocenters. The highest BCUT2D eigenvalue weighted by Crippen LogP contribution is 2.46. The molecular formula is C18H16BrN3O8. The molecule has 2 aromatic rings. The first-order chi connectivity index (χ1) is 14.4. The molecule has 0 bridgehead atoms. The monoisotopic (exact) mass is 481 g/mol. The van der Waals surface area contributed by atoms with Crippen molar-refractivity contribution >= 4 is 33.7 Å². The number of carbonyl (C=O) groups is 1. The van der Waals surface area contributed by atoms with Gasteiger partial charge in [0.25, 0.3) is 5.91 Å². The van der Waals surface area contributed by atoms with Crippen molar-refractivity contribution in [2.24, 2.45) is 5.10 Å². The minimum absolute atomic E-state index is 0.00367. The molecular weight excluding hydrogens is 466 g/mol. The predicted molar refractivity (Wildman–Crippen MR) is 108 cm³/mol. The average molecular weight is 482 g/mol. The number of hydrogen-bond acceptors (Lipinski definition) is 9. The number of fused-ring (bicyclic) bond motifs is 1. The first-order valence-electron chi connectivity index (χ1n) is 8.31. The number of nitrogens with zero attached hydrogens (tertiary/aromatic N) is 2. The molecule has 11 nitrogen and oxygen atoms in total. The van der Waals surface area contributed by atoms with Gasteiger partial charge in [-0.2, -0.15) is 5.10 Å². The molecule has 0 saturated carbocycles. The molecule has 0 aliphatic carbocycles. The maximum absolute atomic E-state index is 12.6. The summed E-state index contributed by atoms with van der Waals surface area (Å²) in [6, 6.07) is 4.56. The summed E-state index contributed by atoms with van der Waals surface area (Å²) in [6.45, 7) is 0.115. The molecule has 0 saturated heterocycles. The maximum atomic E-state index is 12.6. The van der Waals surface area contributed by atoms with E-state index in [1.165, 1.54) is 33.6 Å². The van der Waals surface area contributed by atoms with Gasteiger partial charge in [0, 0.05) is 16.1 Å². The molecule has 1 N–H and O–H groups in total. The summed E-state index contributed by atoms with van der Waals surface area (Å²) in [4.78, 5) is 23.5. The van der Waals surface area contributed by atoms with E-state index >= 15 is 0 Å². The van der Waals surface area contributed by atoms with E-state index in [-0.39, 0.29) is 29.6 Å². The van der Waals surface area contributed by atoms with Gasteiger partial charge in [0.15, 0.2) is 17.2 Å². The zero-order valence-corrected chi connectivity index (χ0v) is 17.6. The Bertz CT molecular complexity index is 1040. The lowest BCUT2D eigenvalue weighted by Gasteiger charge is -2.14. The second kappa shape index (κ2) is 8.86. The number of rotatable bonds is 7. The van der Waals surface area contributed by atoms with Crippen LogP contribution < -0.4 is 29.1 Å². The number of nitro groups is 1. The minimum Gasteiger partial charge on any atom is -0.493 e. The lowest BCUT2D eigenvalue weighted by Crippen LogP contribution is -2.20. The number of carbonyl (C=O) groups excluding carboxylic acids is 1. The third-order valence-corrected chi connectivity index (χ3v) is 4.78. The highest BCUT2D eigenvalue weighted by Gasteiger charge is 2.32. The second-order valence-electron chi connectivity index (χ2n) is 5.72. The van der Waals surface area contributed by atoms with E-state index < -0.39 is 16.5 Å². The van der Waals surface area contributed by atoms with E-state index in [1.807, 2.05) is 0 Å². The van der Waals surface area contributed by atoms with Crippen LogP contribution in [0.2, 0.25) is 0 Å². The normalized spacial score (nSPS) is 12.0. The fraction of sp³-hybridized carbons (Fsp3) is 0.222. The largest absolute Gasteiger partial charge is 0.493 e. The van der Waals surface area contributed by atoms with Gasteiger partial charge < -0.3 is 23.7 Å². The lowest BCUT2D eigenvalue weighted by molar-refractivity contribution is -0.386. The Balaban J connectivity index is 1.92. The number of ether oxygens (including phenoxy) is 5. The molecule has 12 heteroatoms. The second-order valence-corrected chi connectivity index (χ2v) is 6.58. The van der Waals surface area contributed by atoms with Gasteiger partial charge in [0.2, 0.25) is 18.3 Å². The molecule has 158 valence electrons. The van der Waals surface area contributed by atoms with Gasteiger partial charge in [-0.05, 0) is 28.1 Å². The third kappa shape index (κ3) is 3.94. The Kier molecular flexibility index (Phi) is 6.26. The van der Waals surface area contributed by atoms with Crippen molar-refractivity contribution in [3.63, 3.8) is 0 Å². The summed E-state index contributed by atoms with van der Waals surface area (Å²) < 4.78 is 26.6. The molecule has 2 aromatic carbocycles. The molecule has 30 heavy (non-hydrogen) atoms. The first-order valence-corrected chi connectivity index (χ1v) is 9.10. The van der Waals surface area contributed by atoms with Gasteiger partial charge in [-0.3, -0.25) is 14.9 Å². The van der Waals surface area contributed by atoms with Crippen molar-refractivity contribution in [1.82, 2.24) is 5.43 Å². The van der Waals surface area contributed by atoms with E-state index in [1.54, 1.807) is 12.1 Å². The molecule has 0 fully saturated rings. The zero-order chi connectivity index (χ0) is 21.8. The summed E-state index contributed by atoms with van der Waals surface area (Å²) in [7, 11) is 3.86. The molecule has 0 aromatic heterocycles. The van der Waals surface area contributed by atoms with Crippen molar-refractivity contribution in [2.45, 2.75) is 0 Å². The van der Waals surface area contributed by atoms with Crippen LogP contribution >= 0.6 is 15.9 Å². The highest BCUT2D eigenvalue weighted by atomic mass is 79.9. The van der Waals surface area contributed by atoms with Crippen molar-refractivity contribution in [3.8, 4) is 28.7 Å². The summed E-state index contributed by atoms with van der Waals surface area (Å²) >= 11 is 3.37. The van der Waals surface area contributed by atoms with Crippen LogP contribution in [0.25, 0.3) is 0 Å². The number of methoxy groups -OCH3 is 3. The Morgan fingerprint density at radius 1 is 1.17 bits per heavy atom. The van der Waals surface area contributed by atoms with Crippen molar-refractivity contribution < 1.29 is 33.4 Å². The van der Waals surface area contributed by atoms with E-state index in [0.717, 1.165) is 0 Å². The number of hydrazone groups is 1. The van der Waals surface area contributed by atoms with Crippen molar-refractivity contribution in [1.29, 1.82) is 0 Å². The number of nitrogens with one attached hydrogen (secondary N) is 1. The van der Waals surface area contributed by atoms with Crippen molar-refractivity contribution in [3.05, 3.63) is 43.9 Å².